The predicted molar refractivity (Wildman–Crippen MR) is 159 cm³/mol. The van der Waals surface area contributed by atoms with Crippen molar-refractivity contribution >= 4 is 39.3 Å². The fraction of sp³-hybridized carbons (Fsp3) is 0.323. The average Bonchev–Trinajstić information content (AvgIpc) is 3.66. The van der Waals surface area contributed by atoms with Gasteiger partial charge in [-0.2, -0.15) is 0 Å². The average molecular weight is 604 g/mol. The number of nitrogens with zero attached hydrogens (tertiary/aromatic N) is 3. The number of carboxylic acid groups (broad SMARTS) is 1. The molecule has 0 spiro atoms. The first-order valence-electron chi connectivity index (χ1n) is 14.1. The van der Waals surface area contributed by atoms with Gasteiger partial charge in [0.05, 0.1) is 26.8 Å². The molecule has 12 heteroatoms. The van der Waals surface area contributed by atoms with E-state index in [0.29, 0.717) is 43.3 Å². The highest BCUT2D eigenvalue weighted by Gasteiger charge is 2.28. The number of hydrogen-bond donors (Lipinski definition) is 3. The molecule has 10 nitrogen and oxygen atoms in total. The van der Waals surface area contributed by atoms with E-state index in [1.807, 2.05) is 24.4 Å². The van der Waals surface area contributed by atoms with Gasteiger partial charge in [0, 0.05) is 50.9 Å². The minimum Gasteiger partial charge on any atom is -0.480 e. The summed E-state index contributed by atoms with van der Waals surface area (Å²) in [6, 6.07) is 11.7. The van der Waals surface area contributed by atoms with Gasteiger partial charge in [-0.1, -0.05) is 12.1 Å². The summed E-state index contributed by atoms with van der Waals surface area (Å²) in [5, 5.41) is 13.7. The molecule has 43 heavy (non-hydrogen) atoms. The van der Waals surface area contributed by atoms with E-state index >= 15 is 0 Å². The number of aliphatic carboxylic acids is 1. The van der Waals surface area contributed by atoms with Crippen LogP contribution in [0.5, 0.6) is 11.5 Å². The summed E-state index contributed by atoms with van der Waals surface area (Å²) in [7, 11) is 0. The van der Waals surface area contributed by atoms with Crippen molar-refractivity contribution in [2.75, 3.05) is 19.6 Å². The van der Waals surface area contributed by atoms with E-state index in [2.05, 4.69) is 25.5 Å². The molecular weight excluding hydrogens is 573 g/mol. The quantitative estimate of drug-likeness (QED) is 0.211. The Morgan fingerprint density at radius 1 is 1.05 bits per heavy atom. The van der Waals surface area contributed by atoms with Crippen molar-refractivity contribution in [3.8, 4) is 22.1 Å². The van der Waals surface area contributed by atoms with Crippen molar-refractivity contribution in [2.45, 2.75) is 38.3 Å². The van der Waals surface area contributed by atoms with Crippen molar-refractivity contribution in [3.63, 3.8) is 0 Å². The minimum absolute atomic E-state index is 0.0314. The molecule has 3 N–H and O–H groups in total. The predicted octanol–water partition coefficient (Wildman–Crippen LogP) is 4.77. The van der Waals surface area contributed by atoms with Gasteiger partial charge in [-0.25, -0.2) is 9.18 Å². The Balaban J connectivity index is 1.06. The zero-order valence-corrected chi connectivity index (χ0v) is 24.0. The molecule has 1 saturated carbocycles. The molecule has 1 aliphatic heterocycles. The monoisotopic (exact) mass is 603 g/mol. The molecule has 2 aliphatic rings. The third-order valence-electron chi connectivity index (χ3n) is 7.38. The standard InChI is InChI=1S/C31H30FN5O5S/c32-23-11-19(10-22(38)9-18-1-2-18)4-6-26(23)42-27-7-8-33-25-12-28(43-30(25)27)24-5-3-20(13-34-24)15-37-16-21(17-37)36-31(41)35-14-29(39)40/h3-8,11-13,18,21H,1-2,9-10,14-17H2,(H,39,40)(H2,35,36,41). The fourth-order valence-corrected chi connectivity index (χ4v) is 6.07. The second-order valence-electron chi connectivity index (χ2n) is 11.0. The first kappa shape index (κ1) is 28.7. The number of likely N-dealkylation sites (tertiary alicyclic amines) is 1. The first-order valence-corrected chi connectivity index (χ1v) is 14.9. The second kappa shape index (κ2) is 12.4. The van der Waals surface area contributed by atoms with Gasteiger partial charge in [0.15, 0.2) is 11.6 Å². The molecule has 0 radical (unpaired) electrons. The number of urea groups is 1. The lowest BCUT2D eigenvalue weighted by atomic mass is 10.0. The Bertz CT molecular complexity index is 1670. The van der Waals surface area contributed by atoms with Crippen LogP contribution in [0.1, 0.15) is 30.4 Å². The van der Waals surface area contributed by atoms with Crippen LogP contribution in [-0.2, 0) is 22.6 Å². The molecule has 2 amide bonds. The molecule has 0 unspecified atom stereocenters. The van der Waals surface area contributed by atoms with E-state index in [9.17, 15) is 18.8 Å². The van der Waals surface area contributed by atoms with Gasteiger partial charge in [0.1, 0.15) is 18.1 Å². The third kappa shape index (κ3) is 7.33. The van der Waals surface area contributed by atoms with Gasteiger partial charge in [-0.05, 0) is 54.2 Å². The van der Waals surface area contributed by atoms with Crippen LogP contribution in [0.3, 0.4) is 0 Å². The molecule has 2 fully saturated rings. The molecule has 4 heterocycles. The second-order valence-corrected chi connectivity index (χ2v) is 12.1. The molecule has 3 aromatic heterocycles. The molecular formula is C31H30FN5O5S. The smallest absolute Gasteiger partial charge is 0.323 e. The van der Waals surface area contributed by atoms with Gasteiger partial charge < -0.3 is 20.5 Å². The van der Waals surface area contributed by atoms with Crippen LogP contribution in [-0.4, -0.2) is 63.4 Å². The van der Waals surface area contributed by atoms with Crippen LogP contribution in [0.2, 0.25) is 0 Å². The van der Waals surface area contributed by atoms with Crippen LogP contribution in [0.4, 0.5) is 9.18 Å². The number of Topliss-reactive ketones (excluding diaryl/α,β-unsaturated/α-hetero) is 1. The van der Waals surface area contributed by atoms with Crippen LogP contribution in [0.25, 0.3) is 20.8 Å². The number of benzene rings is 1. The maximum Gasteiger partial charge on any atom is 0.323 e. The number of carbonyl (C=O) groups excluding carboxylic acids is 2. The third-order valence-corrected chi connectivity index (χ3v) is 8.54. The number of halogens is 1. The van der Waals surface area contributed by atoms with E-state index in [1.165, 1.54) is 17.4 Å². The van der Waals surface area contributed by atoms with Crippen LogP contribution in [0, 0.1) is 11.7 Å². The Labute approximate surface area is 250 Å². The number of aromatic nitrogens is 2. The number of thiophene rings is 1. The number of nitrogens with one attached hydrogen (secondary N) is 2. The number of ketones is 1. The van der Waals surface area contributed by atoms with Crippen molar-refractivity contribution in [1.29, 1.82) is 0 Å². The Morgan fingerprint density at radius 2 is 1.86 bits per heavy atom. The number of hydrogen-bond acceptors (Lipinski definition) is 8. The maximum absolute atomic E-state index is 14.9. The number of carbonyl (C=O) groups is 3. The van der Waals surface area contributed by atoms with Crippen molar-refractivity contribution in [1.82, 2.24) is 25.5 Å². The minimum atomic E-state index is -1.09. The Hall–Kier alpha value is -4.42. The summed E-state index contributed by atoms with van der Waals surface area (Å²) < 4.78 is 21.7. The molecule has 1 aromatic carbocycles. The summed E-state index contributed by atoms with van der Waals surface area (Å²) >= 11 is 1.46. The molecule has 1 aliphatic carbocycles. The highest BCUT2D eigenvalue weighted by atomic mass is 32.1. The Morgan fingerprint density at radius 3 is 2.58 bits per heavy atom. The molecule has 1 saturated heterocycles. The largest absolute Gasteiger partial charge is 0.480 e. The van der Waals surface area contributed by atoms with Crippen LogP contribution >= 0.6 is 11.3 Å². The van der Waals surface area contributed by atoms with E-state index in [-0.39, 0.29) is 24.0 Å². The van der Waals surface area contributed by atoms with E-state index < -0.39 is 24.4 Å². The van der Waals surface area contributed by atoms with Crippen molar-refractivity contribution in [3.05, 3.63) is 71.8 Å². The van der Waals surface area contributed by atoms with Gasteiger partial charge in [-0.3, -0.25) is 24.5 Å². The van der Waals surface area contributed by atoms with Gasteiger partial charge >= 0.3 is 12.0 Å². The number of pyridine rings is 2. The summed E-state index contributed by atoms with van der Waals surface area (Å²) in [6.45, 7) is 1.58. The summed E-state index contributed by atoms with van der Waals surface area (Å²) in [5.41, 5.74) is 3.17. The highest BCUT2D eigenvalue weighted by Crippen LogP contribution is 2.39. The van der Waals surface area contributed by atoms with Gasteiger partial charge in [0.25, 0.3) is 0 Å². The molecule has 4 aromatic rings. The molecule has 222 valence electrons. The highest BCUT2D eigenvalue weighted by molar-refractivity contribution is 7.22. The normalized spacial score (nSPS) is 15.2. The Kier molecular flexibility index (Phi) is 8.30. The molecule has 0 atom stereocenters. The van der Waals surface area contributed by atoms with Gasteiger partial charge in [0.2, 0.25) is 0 Å². The summed E-state index contributed by atoms with van der Waals surface area (Å²) in [4.78, 5) is 46.6. The topological polar surface area (TPSA) is 134 Å². The molecule has 0 bridgehead atoms. The van der Waals surface area contributed by atoms with E-state index in [0.717, 1.165) is 39.2 Å². The van der Waals surface area contributed by atoms with Gasteiger partial charge in [-0.15, -0.1) is 11.3 Å². The lowest BCUT2D eigenvalue weighted by Crippen LogP contribution is -2.60. The van der Waals surface area contributed by atoms with E-state index in [4.69, 9.17) is 9.84 Å². The van der Waals surface area contributed by atoms with Crippen LogP contribution < -0.4 is 15.4 Å². The number of amides is 2. The first-order chi connectivity index (χ1) is 20.8. The number of rotatable bonds is 12. The number of fused-ring (bicyclic) bond motifs is 1. The zero-order valence-electron chi connectivity index (χ0n) is 23.2. The maximum atomic E-state index is 14.9. The fourth-order valence-electron chi connectivity index (χ4n) is 5.03. The summed E-state index contributed by atoms with van der Waals surface area (Å²) in [6.07, 6.45) is 6.47. The zero-order chi connectivity index (χ0) is 29.9. The molecule has 6 rings (SSSR count). The number of ether oxygens (including phenoxy) is 1. The number of carboxylic acids is 1. The van der Waals surface area contributed by atoms with Crippen LogP contribution in [0.15, 0.2) is 54.9 Å². The van der Waals surface area contributed by atoms with E-state index in [1.54, 1.807) is 24.4 Å². The SMILES string of the molecule is O=C(O)CNC(=O)NC1CN(Cc2ccc(-c3cc4nccc(Oc5ccc(CC(=O)CC6CC6)cc5F)c4s3)nc2)C1. The lowest BCUT2D eigenvalue weighted by Gasteiger charge is -2.39. The lowest BCUT2D eigenvalue weighted by molar-refractivity contribution is -0.135. The van der Waals surface area contributed by atoms with Crippen molar-refractivity contribution in [2.24, 2.45) is 5.92 Å². The van der Waals surface area contributed by atoms with Crippen molar-refractivity contribution < 1.29 is 28.6 Å². The summed E-state index contributed by atoms with van der Waals surface area (Å²) in [5.74, 6) is -0.368.